The van der Waals surface area contributed by atoms with Gasteiger partial charge in [0.05, 0.1) is 0 Å². The van der Waals surface area contributed by atoms with E-state index in [1.165, 1.54) is 6.92 Å². The van der Waals surface area contributed by atoms with Gasteiger partial charge in [-0.1, -0.05) is 12.1 Å². The van der Waals surface area contributed by atoms with Crippen LogP contribution in [0.25, 0.3) is 0 Å². The smallest absolute Gasteiger partial charge is 0.303 e. The number of anilines is 1. The maximum Gasteiger partial charge on any atom is 0.303 e. The van der Waals surface area contributed by atoms with Crippen molar-refractivity contribution in [2.75, 3.05) is 11.9 Å². The third-order valence-corrected chi connectivity index (χ3v) is 2.49. The first kappa shape index (κ1) is 13.5. The summed E-state index contributed by atoms with van der Waals surface area (Å²) in [5.41, 5.74) is 2.52. The molecule has 1 amide bonds. The quantitative estimate of drug-likeness (QED) is 0.663. The highest BCUT2D eigenvalue weighted by molar-refractivity contribution is 6.17. The van der Waals surface area contributed by atoms with E-state index in [4.69, 9.17) is 11.6 Å². The summed E-state index contributed by atoms with van der Waals surface area (Å²) in [6.07, 6.45) is 0. The Morgan fingerprint density at radius 1 is 1.41 bits per heavy atom. The van der Waals surface area contributed by atoms with Crippen molar-refractivity contribution in [2.24, 2.45) is 0 Å². The molecule has 4 nitrogen and oxygen atoms in total. The van der Waals surface area contributed by atoms with Gasteiger partial charge in [0.2, 0.25) is 0 Å². The van der Waals surface area contributed by atoms with Gasteiger partial charge in [-0.05, 0) is 24.1 Å². The third-order valence-electron chi connectivity index (χ3n) is 2.22. The molecule has 0 aromatic heterocycles. The van der Waals surface area contributed by atoms with E-state index in [0.29, 0.717) is 11.6 Å². The highest BCUT2D eigenvalue weighted by Crippen LogP contribution is 2.21. The van der Waals surface area contributed by atoms with Crippen LogP contribution in [0.15, 0.2) is 18.2 Å². The van der Waals surface area contributed by atoms with E-state index in [0.717, 1.165) is 11.1 Å². The van der Waals surface area contributed by atoms with Gasteiger partial charge >= 0.3 is 5.97 Å². The molecular weight excluding hydrogens is 242 g/mol. The normalized spacial score (nSPS) is 9.82. The molecule has 0 aliphatic heterocycles. The van der Waals surface area contributed by atoms with Crippen LogP contribution in [0.2, 0.25) is 0 Å². The fourth-order valence-corrected chi connectivity index (χ4v) is 1.70. The Morgan fingerprint density at radius 3 is 2.71 bits per heavy atom. The number of aryl methyl sites for hydroxylation is 1. The van der Waals surface area contributed by atoms with Crippen LogP contribution in [0.4, 0.5) is 5.69 Å². The zero-order chi connectivity index (χ0) is 12.8. The van der Waals surface area contributed by atoms with Gasteiger partial charge in [0.1, 0.15) is 0 Å². The number of alkyl halides is 1. The second-order valence-electron chi connectivity index (χ2n) is 3.56. The first-order chi connectivity index (χ1) is 8.04. The predicted molar refractivity (Wildman–Crippen MR) is 66.0 cm³/mol. The van der Waals surface area contributed by atoms with Gasteiger partial charge in [-0.2, -0.15) is 0 Å². The lowest BCUT2D eigenvalue weighted by Crippen LogP contribution is -2.20. The monoisotopic (exact) mass is 255 g/mol. The van der Waals surface area contributed by atoms with Gasteiger partial charge in [-0.25, -0.2) is 0 Å². The van der Waals surface area contributed by atoms with Gasteiger partial charge < -0.3 is 10.1 Å². The predicted octanol–water partition coefficient (Wildman–Crippen LogP) is 2.24. The van der Waals surface area contributed by atoms with E-state index in [1.54, 1.807) is 6.07 Å². The molecule has 0 bridgehead atoms. The highest BCUT2D eigenvalue weighted by Gasteiger charge is 2.09. The van der Waals surface area contributed by atoms with Crippen molar-refractivity contribution in [3.8, 4) is 0 Å². The molecule has 92 valence electrons. The maximum atomic E-state index is 11.5. The van der Waals surface area contributed by atoms with Crippen molar-refractivity contribution in [2.45, 2.75) is 19.7 Å². The summed E-state index contributed by atoms with van der Waals surface area (Å²) in [6.45, 7) is 2.88. The van der Waals surface area contributed by atoms with E-state index in [2.05, 4.69) is 10.1 Å². The molecule has 5 heteroatoms. The van der Waals surface area contributed by atoms with Crippen LogP contribution >= 0.6 is 11.6 Å². The SMILES string of the molecule is CC(=O)OCC(=O)Nc1cccc(C)c1CCl. The lowest BCUT2D eigenvalue weighted by Gasteiger charge is -2.11. The summed E-state index contributed by atoms with van der Waals surface area (Å²) >= 11 is 5.81. The second-order valence-corrected chi connectivity index (χ2v) is 3.83. The molecule has 17 heavy (non-hydrogen) atoms. The summed E-state index contributed by atoms with van der Waals surface area (Å²) in [4.78, 5) is 22.0. The first-order valence-electron chi connectivity index (χ1n) is 5.12. The van der Waals surface area contributed by atoms with E-state index < -0.39 is 5.97 Å². The Bertz CT molecular complexity index is 432. The Labute approximate surface area is 105 Å². The molecule has 0 unspecified atom stereocenters. The van der Waals surface area contributed by atoms with Crippen LogP contribution in [0.5, 0.6) is 0 Å². The fourth-order valence-electron chi connectivity index (χ4n) is 1.35. The molecule has 1 rings (SSSR count). The van der Waals surface area contributed by atoms with Crippen molar-refractivity contribution in [3.63, 3.8) is 0 Å². The van der Waals surface area contributed by atoms with Gasteiger partial charge in [0.25, 0.3) is 5.91 Å². The van der Waals surface area contributed by atoms with E-state index >= 15 is 0 Å². The van der Waals surface area contributed by atoms with E-state index in [9.17, 15) is 9.59 Å². The minimum atomic E-state index is -0.484. The minimum absolute atomic E-state index is 0.287. The largest absolute Gasteiger partial charge is 0.456 e. The van der Waals surface area contributed by atoms with Crippen LogP contribution < -0.4 is 5.32 Å². The van der Waals surface area contributed by atoms with Crippen molar-refractivity contribution in [1.29, 1.82) is 0 Å². The van der Waals surface area contributed by atoms with Crippen LogP contribution in [0.3, 0.4) is 0 Å². The fraction of sp³-hybridized carbons (Fsp3) is 0.333. The summed E-state index contributed by atoms with van der Waals surface area (Å²) in [5, 5.41) is 2.66. The molecule has 0 atom stereocenters. The molecule has 1 N–H and O–H groups in total. The van der Waals surface area contributed by atoms with E-state index in [1.807, 2.05) is 19.1 Å². The Kier molecular flexibility index (Phi) is 4.97. The topological polar surface area (TPSA) is 55.4 Å². The molecule has 0 radical (unpaired) electrons. The maximum absolute atomic E-state index is 11.5. The Hall–Kier alpha value is -1.55. The standard InChI is InChI=1S/C12H14ClNO3/c1-8-4-3-5-11(10(8)6-13)14-12(16)7-17-9(2)15/h3-5H,6-7H2,1-2H3,(H,14,16). The second kappa shape index (κ2) is 6.25. The van der Waals surface area contributed by atoms with Gasteiger partial charge in [0, 0.05) is 18.5 Å². The zero-order valence-corrected chi connectivity index (χ0v) is 10.5. The third kappa shape index (κ3) is 4.07. The average molecular weight is 256 g/mol. The summed E-state index contributed by atoms with van der Waals surface area (Å²) in [6, 6.07) is 5.50. The zero-order valence-electron chi connectivity index (χ0n) is 9.75. The number of carbonyl (C=O) groups is 2. The number of halogens is 1. The van der Waals surface area contributed by atoms with Crippen LogP contribution in [-0.4, -0.2) is 18.5 Å². The van der Waals surface area contributed by atoms with E-state index in [-0.39, 0.29) is 12.5 Å². The molecule has 1 aromatic rings. The van der Waals surface area contributed by atoms with Gasteiger partial charge in [-0.15, -0.1) is 11.6 Å². The molecule has 0 fully saturated rings. The Morgan fingerprint density at radius 2 is 2.12 bits per heavy atom. The Balaban J connectivity index is 2.71. The first-order valence-corrected chi connectivity index (χ1v) is 5.65. The average Bonchev–Trinajstić information content (AvgIpc) is 2.27. The molecule has 0 saturated heterocycles. The summed E-state index contributed by atoms with van der Waals surface area (Å²) < 4.78 is 4.60. The number of nitrogens with one attached hydrogen (secondary N) is 1. The summed E-state index contributed by atoms with van der Waals surface area (Å²) in [5.74, 6) is -0.547. The van der Waals surface area contributed by atoms with Crippen LogP contribution in [0, 0.1) is 6.92 Å². The molecule has 0 aliphatic rings. The minimum Gasteiger partial charge on any atom is -0.456 e. The molecule has 0 aliphatic carbocycles. The van der Waals surface area contributed by atoms with Crippen molar-refractivity contribution >= 4 is 29.2 Å². The van der Waals surface area contributed by atoms with Crippen LogP contribution in [-0.2, 0) is 20.2 Å². The number of carbonyl (C=O) groups excluding carboxylic acids is 2. The van der Waals surface area contributed by atoms with Crippen molar-refractivity contribution in [1.82, 2.24) is 0 Å². The number of amides is 1. The van der Waals surface area contributed by atoms with Crippen molar-refractivity contribution < 1.29 is 14.3 Å². The number of hydrogen-bond donors (Lipinski definition) is 1. The van der Waals surface area contributed by atoms with Gasteiger partial charge in [-0.3, -0.25) is 9.59 Å². The lowest BCUT2D eigenvalue weighted by atomic mass is 10.1. The highest BCUT2D eigenvalue weighted by atomic mass is 35.5. The number of hydrogen-bond acceptors (Lipinski definition) is 3. The summed E-state index contributed by atoms with van der Waals surface area (Å²) in [7, 11) is 0. The van der Waals surface area contributed by atoms with Gasteiger partial charge in [0.15, 0.2) is 6.61 Å². The number of benzene rings is 1. The molecule has 0 heterocycles. The molecular formula is C12H14ClNO3. The molecule has 0 spiro atoms. The number of ether oxygens (including phenoxy) is 1. The molecule has 1 aromatic carbocycles. The molecule has 0 saturated carbocycles. The number of rotatable bonds is 4. The number of esters is 1. The van der Waals surface area contributed by atoms with Crippen LogP contribution in [0.1, 0.15) is 18.1 Å². The lowest BCUT2D eigenvalue weighted by molar-refractivity contribution is -0.144. The van der Waals surface area contributed by atoms with Crippen molar-refractivity contribution in [3.05, 3.63) is 29.3 Å².